The lowest BCUT2D eigenvalue weighted by molar-refractivity contribution is 0.106. The van der Waals surface area contributed by atoms with Crippen molar-refractivity contribution in [1.82, 2.24) is 9.55 Å². The van der Waals surface area contributed by atoms with E-state index in [1.54, 1.807) is 7.11 Å². The normalized spacial score (nSPS) is 23.3. The molecule has 19 heavy (non-hydrogen) atoms. The summed E-state index contributed by atoms with van der Waals surface area (Å²) >= 11 is 12.2. The first-order valence-electron chi connectivity index (χ1n) is 6.48. The van der Waals surface area contributed by atoms with Crippen molar-refractivity contribution < 1.29 is 4.74 Å². The minimum Gasteiger partial charge on any atom is -0.381 e. The maximum absolute atomic E-state index is 6.11. The molecule has 1 aliphatic rings. The van der Waals surface area contributed by atoms with E-state index in [0.29, 0.717) is 18.0 Å². The van der Waals surface area contributed by atoms with Gasteiger partial charge in [0.15, 0.2) is 0 Å². The Morgan fingerprint density at radius 3 is 2.95 bits per heavy atom. The fourth-order valence-corrected chi connectivity index (χ4v) is 3.34. The van der Waals surface area contributed by atoms with E-state index in [1.165, 1.54) is 0 Å². The number of rotatable bonds is 3. The molecule has 0 saturated heterocycles. The van der Waals surface area contributed by atoms with Crippen molar-refractivity contribution in [3.05, 3.63) is 29.0 Å². The van der Waals surface area contributed by atoms with E-state index >= 15 is 0 Å². The zero-order chi connectivity index (χ0) is 13.4. The molecule has 0 amide bonds. The van der Waals surface area contributed by atoms with Crippen LogP contribution in [-0.4, -0.2) is 22.8 Å². The predicted molar refractivity (Wildman–Crippen MR) is 78.0 cm³/mol. The number of methoxy groups -OCH3 is 1. The number of benzene rings is 1. The number of nitrogens with zero attached hydrogens (tertiary/aromatic N) is 2. The van der Waals surface area contributed by atoms with Crippen molar-refractivity contribution in [3.63, 3.8) is 0 Å². The third-order valence-corrected chi connectivity index (χ3v) is 4.37. The van der Waals surface area contributed by atoms with E-state index < -0.39 is 0 Å². The van der Waals surface area contributed by atoms with Crippen LogP contribution in [-0.2, 0) is 10.6 Å². The lowest BCUT2D eigenvalue weighted by Gasteiger charge is -2.16. The Hall–Kier alpha value is -0.770. The van der Waals surface area contributed by atoms with E-state index in [1.807, 2.05) is 18.2 Å². The number of hydrogen-bond donors (Lipinski definition) is 0. The molecule has 0 spiro atoms. The van der Waals surface area contributed by atoms with Gasteiger partial charge < -0.3 is 9.30 Å². The molecule has 102 valence electrons. The first kappa shape index (κ1) is 13.2. The molecule has 3 rings (SSSR count). The molecular weight excluding hydrogens is 283 g/mol. The van der Waals surface area contributed by atoms with E-state index in [4.69, 9.17) is 27.9 Å². The summed E-state index contributed by atoms with van der Waals surface area (Å²) in [7, 11) is 1.78. The van der Waals surface area contributed by atoms with Crippen LogP contribution >= 0.6 is 23.2 Å². The van der Waals surface area contributed by atoms with Crippen LogP contribution in [0.2, 0.25) is 5.02 Å². The molecule has 1 fully saturated rings. The molecule has 1 aromatic heterocycles. The van der Waals surface area contributed by atoms with Crippen LogP contribution in [0.4, 0.5) is 0 Å². The Kier molecular flexibility index (Phi) is 3.70. The van der Waals surface area contributed by atoms with Crippen molar-refractivity contribution in [2.75, 3.05) is 7.11 Å². The van der Waals surface area contributed by atoms with Gasteiger partial charge in [-0.25, -0.2) is 4.98 Å². The van der Waals surface area contributed by atoms with Crippen molar-refractivity contribution >= 4 is 34.2 Å². The molecule has 1 aromatic carbocycles. The van der Waals surface area contributed by atoms with Crippen LogP contribution in [0.15, 0.2) is 18.2 Å². The zero-order valence-corrected chi connectivity index (χ0v) is 12.3. The Morgan fingerprint density at radius 1 is 1.42 bits per heavy atom. The molecule has 2 aromatic rings. The third kappa shape index (κ3) is 2.35. The van der Waals surface area contributed by atoms with Gasteiger partial charge >= 0.3 is 0 Å². The largest absolute Gasteiger partial charge is 0.381 e. The summed E-state index contributed by atoms with van der Waals surface area (Å²) in [6, 6.07) is 6.20. The molecule has 2 atom stereocenters. The SMILES string of the molecule is COC1CCC(n2c(CCl)nc3ccc(Cl)cc32)C1. The molecule has 0 radical (unpaired) electrons. The van der Waals surface area contributed by atoms with E-state index in [2.05, 4.69) is 9.55 Å². The van der Waals surface area contributed by atoms with Crippen LogP contribution in [0.3, 0.4) is 0 Å². The quantitative estimate of drug-likeness (QED) is 0.795. The van der Waals surface area contributed by atoms with E-state index in [9.17, 15) is 0 Å². The lowest BCUT2D eigenvalue weighted by Crippen LogP contribution is -2.11. The van der Waals surface area contributed by atoms with Gasteiger partial charge in [-0.2, -0.15) is 0 Å². The molecule has 2 unspecified atom stereocenters. The number of ether oxygens (including phenoxy) is 1. The monoisotopic (exact) mass is 298 g/mol. The fraction of sp³-hybridized carbons (Fsp3) is 0.500. The average molecular weight is 299 g/mol. The summed E-state index contributed by atoms with van der Waals surface area (Å²) in [6.45, 7) is 0. The van der Waals surface area contributed by atoms with Gasteiger partial charge in [0.05, 0.1) is 23.0 Å². The zero-order valence-electron chi connectivity index (χ0n) is 10.8. The molecule has 1 heterocycles. The maximum atomic E-state index is 6.11. The first-order chi connectivity index (χ1) is 9.22. The Balaban J connectivity index is 2.08. The summed E-state index contributed by atoms with van der Waals surface area (Å²) in [4.78, 5) is 4.60. The number of imidazole rings is 1. The third-order valence-electron chi connectivity index (χ3n) is 3.90. The van der Waals surface area contributed by atoms with Gasteiger partial charge in [0, 0.05) is 18.2 Å². The molecular formula is C14H16Cl2N2O. The standard InChI is InChI=1S/C14H16Cl2N2O/c1-19-11-4-3-10(7-11)18-13-6-9(16)2-5-12(13)17-14(18)8-15/h2,5-6,10-11H,3-4,7-8H2,1H3. The van der Waals surface area contributed by atoms with Crippen LogP contribution in [0.5, 0.6) is 0 Å². The van der Waals surface area contributed by atoms with Crippen LogP contribution in [0.1, 0.15) is 31.1 Å². The van der Waals surface area contributed by atoms with Crippen molar-refractivity contribution in [3.8, 4) is 0 Å². The topological polar surface area (TPSA) is 27.1 Å². The molecule has 5 heteroatoms. The fourth-order valence-electron chi connectivity index (χ4n) is 2.98. The molecule has 1 aliphatic carbocycles. The molecule has 3 nitrogen and oxygen atoms in total. The first-order valence-corrected chi connectivity index (χ1v) is 7.39. The molecule has 1 saturated carbocycles. The smallest absolute Gasteiger partial charge is 0.125 e. The predicted octanol–water partition coefficient (Wildman–Crippen LogP) is 4.17. The van der Waals surface area contributed by atoms with Crippen molar-refractivity contribution in [2.45, 2.75) is 37.3 Å². The number of alkyl halides is 1. The van der Waals surface area contributed by atoms with Gasteiger partial charge in [-0.1, -0.05) is 11.6 Å². The molecule has 0 bridgehead atoms. The second-order valence-electron chi connectivity index (χ2n) is 4.99. The van der Waals surface area contributed by atoms with Crippen molar-refractivity contribution in [2.24, 2.45) is 0 Å². The van der Waals surface area contributed by atoms with Crippen LogP contribution in [0, 0.1) is 0 Å². The Bertz CT molecular complexity index is 596. The highest BCUT2D eigenvalue weighted by Crippen LogP contribution is 2.36. The lowest BCUT2D eigenvalue weighted by atomic mass is 10.2. The van der Waals surface area contributed by atoms with Crippen LogP contribution in [0.25, 0.3) is 11.0 Å². The van der Waals surface area contributed by atoms with Crippen molar-refractivity contribution in [1.29, 1.82) is 0 Å². The summed E-state index contributed by atoms with van der Waals surface area (Å²) in [6.07, 6.45) is 3.53. The molecule has 0 N–H and O–H groups in total. The summed E-state index contributed by atoms with van der Waals surface area (Å²) < 4.78 is 7.70. The molecule has 0 aliphatic heterocycles. The minimum atomic E-state index is 0.338. The van der Waals surface area contributed by atoms with Gasteiger partial charge in [0.25, 0.3) is 0 Å². The highest BCUT2D eigenvalue weighted by molar-refractivity contribution is 6.31. The number of halogens is 2. The average Bonchev–Trinajstić information content (AvgIpc) is 3.01. The highest BCUT2D eigenvalue weighted by Gasteiger charge is 2.28. The second kappa shape index (κ2) is 5.31. The number of hydrogen-bond acceptors (Lipinski definition) is 2. The van der Waals surface area contributed by atoms with Gasteiger partial charge in [0.2, 0.25) is 0 Å². The Morgan fingerprint density at radius 2 is 2.26 bits per heavy atom. The van der Waals surface area contributed by atoms with Gasteiger partial charge in [-0.05, 0) is 37.5 Å². The number of fused-ring (bicyclic) bond motifs is 1. The van der Waals surface area contributed by atoms with E-state index in [0.717, 1.165) is 41.1 Å². The summed E-state index contributed by atoms with van der Waals surface area (Å²) in [5.41, 5.74) is 2.03. The van der Waals surface area contributed by atoms with Gasteiger partial charge in [-0.15, -0.1) is 11.6 Å². The Labute approximate surface area is 122 Å². The van der Waals surface area contributed by atoms with Gasteiger partial charge in [0.1, 0.15) is 5.82 Å². The van der Waals surface area contributed by atoms with Gasteiger partial charge in [-0.3, -0.25) is 0 Å². The number of aromatic nitrogens is 2. The van der Waals surface area contributed by atoms with E-state index in [-0.39, 0.29) is 0 Å². The van der Waals surface area contributed by atoms with Crippen LogP contribution < -0.4 is 0 Å². The second-order valence-corrected chi connectivity index (χ2v) is 5.69. The summed E-state index contributed by atoms with van der Waals surface area (Å²) in [5, 5.41) is 0.732. The highest BCUT2D eigenvalue weighted by atomic mass is 35.5. The summed E-state index contributed by atoms with van der Waals surface area (Å²) in [5.74, 6) is 1.33. The minimum absolute atomic E-state index is 0.338. The maximum Gasteiger partial charge on any atom is 0.125 e.